The summed E-state index contributed by atoms with van der Waals surface area (Å²) >= 11 is 0. The topological polar surface area (TPSA) is 68.8 Å². The number of carbonyl (C=O) groups excluding carboxylic acids is 1. The minimum absolute atomic E-state index is 0. The van der Waals surface area contributed by atoms with Gasteiger partial charge in [0, 0.05) is 50.4 Å². The van der Waals surface area contributed by atoms with Gasteiger partial charge in [-0.05, 0) is 51.8 Å². The van der Waals surface area contributed by atoms with E-state index in [4.69, 9.17) is 0 Å². The highest BCUT2D eigenvalue weighted by molar-refractivity contribution is 14.0. The smallest absolute Gasteiger partial charge is 0.226 e. The average molecular weight is 518 g/mol. The molecule has 0 radical (unpaired) electrons. The first-order valence-corrected chi connectivity index (χ1v) is 10.3. The number of aliphatic imine (C=N–C) groups is 1. The lowest BCUT2D eigenvalue weighted by molar-refractivity contribution is -0.118. The Morgan fingerprint density at radius 1 is 1.00 bits per heavy atom. The molecule has 0 bridgehead atoms. The number of rotatable bonds is 10. The number of hydrogen-bond acceptors (Lipinski definition) is 3. The van der Waals surface area contributed by atoms with Crippen LogP contribution in [0.3, 0.4) is 0 Å². The van der Waals surface area contributed by atoms with Crippen molar-refractivity contribution in [3.05, 3.63) is 29.8 Å². The summed E-state index contributed by atoms with van der Waals surface area (Å²) in [6, 6.07) is 9.01. The predicted molar refractivity (Wildman–Crippen MR) is 135 cm³/mol. The third kappa shape index (κ3) is 10.8. The van der Waals surface area contributed by atoms with Gasteiger partial charge >= 0.3 is 0 Å². The van der Waals surface area contributed by atoms with Crippen LogP contribution in [0, 0.1) is 5.92 Å². The third-order valence-corrected chi connectivity index (χ3v) is 4.64. The molecule has 0 saturated heterocycles. The summed E-state index contributed by atoms with van der Waals surface area (Å²) in [4.78, 5) is 18.5. The molecule has 3 N–H and O–H groups in total. The zero-order chi connectivity index (χ0) is 21.1. The van der Waals surface area contributed by atoms with E-state index in [0.29, 0.717) is 18.6 Å². The van der Waals surface area contributed by atoms with Crippen molar-refractivity contribution in [2.45, 2.75) is 66.6 Å². The summed E-state index contributed by atoms with van der Waals surface area (Å²) in [6.45, 7) is 15.4. The molecule has 1 aromatic carbocycles. The number of guanidine groups is 1. The molecule has 166 valence electrons. The second kappa shape index (κ2) is 14.6. The first-order valence-electron chi connectivity index (χ1n) is 10.3. The lowest BCUT2D eigenvalue weighted by Crippen LogP contribution is -2.41. The molecule has 0 atom stereocenters. The number of nitrogens with zero attached hydrogens (tertiary/aromatic N) is 2. The second-order valence-electron chi connectivity index (χ2n) is 7.97. The van der Waals surface area contributed by atoms with E-state index in [0.717, 1.165) is 36.7 Å². The second-order valence-corrected chi connectivity index (χ2v) is 7.97. The summed E-state index contributed by atoms with van der Waals surface area (Å²) in [7, 11) is 1.79. The molecule has 0 fully saturated rings. The Kier molecular flexibility index (Phi) is 13.9. The summed E-state index contributed by atoms with van der Waals surface area (Å²) in [5.74, 6) is 0.811. The Balaban J connectivity index is 0.00000784. The Labute approximate surface area is 194 Å². The molecule has 1 rings (SSSR count). The van der Waals surface area contributed by atoms with Crippen LogP contribution in [0.2, 0.25) is 0 Å². The molecule has 0 aromatic heterocycles. The molecular weight excluding hydrogens is 477 g/mol. The van der Waals surface area contributed by atoms with Crippen LogP contribution in [0.1, 0.15) is 53.5 Å². The van der Waals surface area contributed by atoms with Gasteiger partial charge < -0.3 is 16.0 Å². The van der Waals surface area contributed by atoms with Crippen molar-refractivity contribution >= 4 is 41.5 Å². The van der Waals surface area contributed by atoms with Crippen molar-refractivity contribution < 1.29 is 4.79 Å². The van der Waals surface area contributed by atoms with Crippen LogP contribution in [-0.4, -0.2) is 49.0 Å². The van der Waals surface area contributed by atoms with Gasteiger partial charge in [0.25, 0.3) is 0 Å². The quantitative estimate of drug-likeness (QED) is 0.190. The Morgan fingerprint density at radius 3 is 2.07 bits per heavy atom. The third-order valence-electron chi connectivity index (χ3n) is 4.64. The van der Waals surface area contributed by atoms with Gasteiger partial charge in [-0.25, -0.2) is 0 Å². The van der Waals surface area contributed by atoms with Gasteiger partial charge in [0.05, 0.1) is 0 Å². The highest BCUT2D eigenvalue weighted by Crippen LogP contribution is 2.11. The fourth-order valence-corrected chi connectivity index (χ4v) is 2.98. The Morgan fingerprint density at radius 2 is 1.59 bits per heavy atom. The van der Waals surface area contributed by atoms with Crippen LogP contribution in [0.5, 0.6) is 0 Å². The number of nitrogens with one attached hydrogen (secondary N) is 3. The van der Waals surface area contributed by atoms with Crippen molar-refractivity contribution in [3.8, 4) is 0 Å². The normalized spacial score (nSPS) is 11.8. The summed E-state index contributed by atoms with van der Waals surface area (Å²) in [6.07, 6.45) is 1.07. The highest BCUT2D eigenvalue weighted by atomic mass is 127. The van der Waals surface area contributed by atoms with Crippen molar-refractivity contribution in [1.29, 1.82) is 0 Å². The van der Waals surface area contributed by atoms with Gasteiger partial charge in [-0.2, -0.15) is 0 Å². The van der Waals surface area contributed by atoms with E-state index in [2.05, 4.69) is 53.5 Å². The fraction of sp³-hybridized carbons (Fsp3) is 0.636. The molecule has 0 aliphatic rings. The zero-order valence-corrected chi connectivity index (χ0v) is 21.4. The average Bonchev–Trinajstić information content (AvgIpc) is 2.64. The molecule has 0 saturated carbocycles. The van der Waals surface area contributed by atoms with Crippen LogP contribution < -0.4 is 16.0 Å². The van der Waals surface area contributed by atoms with Crippen LogP contribution in [0.15, 0.2) is 29.3 Å². The largest absolute Gasteiger partial charge is 0.356 e. The number of benzene rings is 1. The summed E-state index contributed by atoms with van der Waals surface area (Å²) < 4.78 is 0. The van der Waals surface area contributed by atoms with Gasteiger partial charge in [0.15, 0.2) is 5.96 Å². The minimum Gasteiger partial charge on any atom is -0.356 e. The zero-order valence-electron chi connectivity index (χ0n) is 19.1. The van der Waals surface area contributed by atoms with Crippen molar-refractivity contribution in [2.75, 3.05) is 25.5 Å². The van der Waals surface area contributed by atoms with Gasteiger partial charge in [-0.1, -0.05) is 26.0 Å². The number of carbonyl (C=O) groups is 1. The lowest BCUT2D eigenvalue weighted by Gasteiger charge is -2.30. The highest BCUT2D eigenvalue weighted by Gasteiger charge is 2.12. The molecule has 29 heavy (non-hydrogen) atoms. The Hall–Kier alpha value is -1.35. The monoisotopic (exact) mass is 517 g/mol. The molecule has 7 heteroatoms. The molecule has 1 aromatic rings. The van der Waals surface area contributed by atoms with Gasteiger partial charge in [0.2, 0.25) is 5.91 Å². The van der Waals surface area contributed by atoms with E-state index >= 15 is 0 Å². The number of halogens is 1. The Bertz CT molecular complexity index is 606. The van der Waals surface area contributed by atoms with Crippen molar-refractivity contribution in [3.63, 3.8) is 0 Å². The molecule has 6 nitrogen and oxygen atoms in total. The maximum Gasteiger partial charge on any atom is 0.226 e. The number of amides is 1. The molecule has 0 unspecified atom stereocenters. The lowest BCUT2D eigenvalue weighted by atomic mass is 10.1. The maximum absolute atomic E-state index is 11.7. The van der Waals surface area contributed by atoms with Crippen LogP contribution in [0.4, 0.5) is 5.69 Å². The van der Waals surface area contributed by atoms with Crippen LogP contribution >= 0.6 is 24.0 Å². The van der Waals surface area contributed by atoms with E-state index in [1.165, 1.54) is 0 Å². The van der Waals surface area contributed by atoms with E-state index < -0.39 is 0 Å². The fourth-order valence-electron chi connectivity index (χ4n) is 2.98. The van der Waals surface area contributed by atoms with Crippen LogP contribution in [-0.2, 0) is 11.3 Å². The maximum atomic E-state index is 11.7. The van der Waals surface area contributed by atoms with E-state index in [9.17, 15) is 4.79 Å². The molecule has 0 spiro atoms. The summed E-state index contributed by atoms with van der Waals surface area (Å²) in [5, 5.41) is 9.62. The van der Waals surface area contributed by atoms with Crippen molar-refractivity contribution in [1.82, 2.24) is 15.5 Å². The molecular formula is C22H40IN5O. The van der Waals surface area contributed by atoms with Gasteiger partial charge in [-0.15, -0.1) is 24.0 Å². The molecule has 0 aliphatic heterocycles. The van der Waals surface area contributed by atoms with E-state index in [1.807, 2.05) is 38.1 Å². The first-order chi connectivity index (χ1) is 13.2. The molecule has 0 aliphatic carbocycles. The standard InChI is InChI=1S/C22H39N5O.HI/c1-16(2)21(28)26-20-11-9-19(10-12-20)15-25-22(23-7)24-13-8-14-27(17(3)4)18(5)6;/h9-12,16-18H,8,13-15H2,1-7H3,(H,26,28)(H2,23,24,25);1H. The van der Waals surface area contributed by atoms with Gasteiger partial charge in [-0.3, -0.25) is 14.7 Å². The minimum atomic E-state index is -0.0242. The summed E-state index contributed by atoms with van der Waals surface area (Å²) in [5.41, 5.74) is 1.96. The van der Waals surface area contributed by atoms with E-state index in [-0.39, 0.29) is 35.8 Å². The van der Waals surface area contributed by atoms with Gasteiger partial charge in [0.1, 0.15) is 0 Å². The number of hydrogen-bond donors (Lipinski definition) is 3. The SMILES string of the molecule is CN=C(NCCCN(C(C)C)C(C)C)NCc1ccc(NC(=O)C(C)C)cc1.I. The molecule has 1 amide bonds. The van der Waals surface area contributed by atoms with Crippen molar-refractivity contribution in [2.24, 2.45) is 10.9 Å². The van der Waals surface area contributed by atoms with Crippen LogP contribution in [0.25, 0.3) is 0 Å². The predicted octanol–water partition coefficient (Wildman–Crippen LogP) is 4.07. The number of anilines is 1. The molecule has 0 heterocycles. The van der Waals surface area contributed by atoms with E-state index in [1.54, 1.807) is 7.05 Å². The first kappa shape index (κ1) is 27.6.